The molecule has 0 atom stereocenters. The number of carbonyl (C=O) groups excluding carboxylic acids is 1. The molecule has 2 fully saturated rings. The average molecular weight is 433 g/mol. The Balaban J connectivity index is 1.94. The summed E-state index contributed by atoms with van der Waals surface area (Å²) in [5.74, 6) is -0.309. The van der Waals surface area contributed by atoms with Gasteiger partial charge in [0.05, 0.1) is 15.8 Å². The molecular formula is C20H24N4O5S. The van der Waals surface area contributed by atoms with Gasteiger partial charge in [0, 0.05) is 19.1 Å². The Morgan fingerprint density at radius 1 is 1.33 bits per heavy atom. The van der Waals surface area contributed by atoms with Gasteiger partial charge in [0.1, 0.15) is 0 Å². The van der Waals surface area contributed by atoms with E-state index in [9.17, 15) is 22.8 Å². The molecule has 2 aliphatic carbocycles. The molecule has 0 spiro atoms. The molecule has 1 aromatic heterocycles. The second-order valence-corrected chi connectivity index (χ2v) is 10.0. The Morgan fingerprint density at radius 2 is 2.00 bits per heavy atom. The van der Waals surface area contributed by atoms with Crippen LogP contribution >= 0.6 is 0 Å². The summed E-state index contributed by atoms with van der Waals surface area (Å²) < 4.78 is 30.4. The first-order chi connectivity index (χ1) is 14.1. The van der Waals surface area contributed by atoms with Crippen LogP contribution in [-0.2, 0) is 21.4 Å². The van der Waals surface area contributed by atoms with E-state index in [1.807, 2.05) is 6.92 Å². The van der Waals surface area contributed by atoms with E-state index in [4.69, 9.17) is 0 Å². The summed E-state index contributed by atoms with van der Waals surface area (Å²) in [6.07, 6.45) is 4.46. The third kappa shape index (κ3) is 3.61. The Hall–Kier alpha value is -2.72. The molecule has 0 unspecified atom stereocenters. The van der Waals surface area contributed by atoms with Gasteiger partial charge in [-0.1, -0.05) is 6.58 Å². The van der Waals surface area contributed by atoms with Crippen molar-refractivity contribution >= 4 is 26.8 Å². The maximum absolute atomic E-state index is 13.1. The van der Waals surface area contributed by atoms with Gasteiger partial charge >= 0.3 is 5.69 Å². The van der Waals surface area contributed by atoms with Crippen molar-refractivity contribution in [1.82, 2.24) is 14.0 Å². The molecule has 4 rings (SSSR count). The maximum Gasteiger partial charge on any atom is 0.351 e. The van der Waals surface area contributed by atoms with E-state index in [-0.39, 0.29) is 10.3 Å². The maximum atomic E-state index is 13.1. The first-order valence-electron chi connectivity index (χ1n) is 9.80. The summed E-state index contributed by atoms with van der Waals surface area (Å²) in [7, 11) is -2.53. The highest BCUT2D eigenvalue weighted by atomic mass is 32.2. The lowest BCUT2D eigenvalue weighted by atomic mass is 10.2. The Bertz CT molecular complexity index is 1280. The molecule has 9 nitrogen and oxygen atoms in total. The number of hydrogen-bond acceptors (Lipinski definition) is 5. The van der Waals surface area contributed by atoms with Gasteiger partial charge in [-0.05, 0) is 62.8 Å². The van der Waals surface area contributed by atoms with E-state index in [1.54, 1.807) is 0 Å². The van der Waals surface area contributed by atoms with Crippen LogP contribution in [0.15, 0.2) is 45.3 Å². The van der Waals surface area contributed by atoms with Crippen LogP contribution in [0.1, 0.15) is 32.6 Å². The molecule has 1 amide bonds. The van der Waals surface area contributed by atoms with Crippen molar-refractivity contribution in [2.75, 3.05) is 12.1 Å². The fourth-order valence-corrected chi connectivity index (χ4v) is 4.90. The van der Waals surface area contributed by atoms with Gasteiger partial charge in [0.25, 0.3) is 11.5 Å². The smallest absolute Gasteiger partial charge is 0.291 e. The number of sulfonamides is 1. The minimum atomic E-state index is -3.83. The molecule has 30 heavy (non-hydrogen) atoms. The van der Waals surface area contributed by atoms with Gasteiger partial charge in [-0.2, -0.15) is 4.68 Å². The topological polar surface area (TPSA) is 110 Å². The zero-order valence-corrected chi connectivity index (χ0v) is 17.7. The fourth-order valence-electron chi connectivity index (χ4n) is 3.41. The lowest BCUT2D eigenvalue weighted by molar-refractivity contribution is -0.115. The summed E-state index contributed by atoms with van der Waals surface area (Å²) in [5.41, 5.74) is -1.51. The average Bonchev–Trinajstić information content (AvgIpc) is 3.62. The number of nitrogens with zero attached hydrogens (tertiary/aromatic N) is 3. The predicted octanol–water partition coefficient (Wildman–Crippen LogP) is 0.684. The summed E-state index contributed by atoms with van der Waals surface area (Å²) in [4.78, 5) is 38.2. The Morgan fingerprint density at radius 3 is 2.57 bits per heavy atom. The highest BCUT2D eigenvalue weighted by Crippen LogP contribution is 2.36. The highest BCUT2D eigenvalue weighted by Gasteiger charge is 2.41. The van der Waals surface area contributed by atoms with Gasteiger partial charge in [-0.3, -0.25) is 14.2 Å². The first kappa shape index (κ1) is 20.5. The number of amides is 1. The van der Waals surface area contributed by atoms with E-state index in [0.717, 1.165) is 41.4 Å². The summed E-state index contributed by atoms with van der Waals surface area (Å²) in [5, 5.41) is 0.952. The normalized spacial score (nSPS) is 17.7. The third-order valence-electron chi connectivity index (χ3n) is 5.72. The molecule has 10 heteroatoms. The minimum Gasteiger partial charge on any atom is -0.291 e. The third-order valence-corrected chi connectivity index (χ3v) is 7.35. The molecule has 0 bridgehead atoms. The lowest BCUT2D eigenvalue weighted by Crippen LogP contribution is -2.53. The van der Waals surface area contributed by atoms with E-state index in [2.05, 4.69) is 11.3 Å². The van der Waals surface area contributed by atoms with Crippen molar-refractivity contribution in [2.24, 2.45) is 5.92 Å². The number of hydrogen-bond donors (Lipinski definition) is 1. The van der Waals surface area contributed by atoms with Crippen molar-refractivity contribution in [3.63, 3.8) is 0 Å². The van der Waals surface area contributed by atoms with Crippen LogP contribution in [0.5, 0.6) is 0 Å². The van der Waals surface area contributed by atoms with Crippen molar-refractivity contribution in [1.29, 1.82) is 0 Å². The number of likely N-dealkylation sites (N-methyl/N-ethyl adjacent to an activating group) is 1. The minimum absolute atomic E-state index is 0.0545. The summed E-state index contributed by atoms with van der Waals surface area (Å²) >= 11 is 0. The Labute approximate surface area is 173 Å². The van der Waals surface area contributed by atoms with Crippen LogP contribution in [-0.4, -0.2) is 36.2 Å². The molecular weight excluding hydrogens is 408 g/mol. The Kier molecular flexibility index (Phi) is 4.74. The molecule has 2 aromatic rings. The molecule has 1 N–H and O–H groups in total. The van der Waals surface area contributed by atoms with Crippen LogP contribution < -0.4 is 21.0 Å². The van der Waals surface area contributed by atoms with Crippen LogP contribution in [0, 0.1) is 5.92 Å². The standard InChI is InChI=1S/C20H24N4O5S/c1-4-17(25)22(3)24-18(26)15-11-14(30(28,29)21-20(2)9-10-20)7-8-16(15)23(19(24)27)12-13-5-6-13/h4,7-8,11,13,21H,1,5-6,9-10,12H2,2-3H3. The van der Waals surface area contributed by atoms with Crippen LogP contribution in [0.25, 0.3) is 10.9 Å². The van der Waals surface area contributed by atoms with E-state index >= 15 is 0 Å². The number of nitrogens with one attached hydrogen (secondary N) is 1. The summed E-state index contributed by atoms with van der Waals surface area (Å²) in [6, 6.07) is 4.17. The highest BCUT2D eigenvalue weighted by molar-refractivity contribution is 7.89. The van der Waals surface area contributed by atoms with Crippen LogP contribution in [0.4, 0.5) is 0 Å². The van der Waals surface area contributed by atoms with Gasteiger partial charge in [-0.15, -0.1) is 0 Å². The second-order valence-electron chi connectivity index (χ2n) is 8.36. The fraction of sp³-hybridized carbons (Fsp3) is 0.450. The molecule has 0 saturated heterocycles. The van der Waals surface area contributed by atoms with Crippen LogP contribution in [0.2, 0.25) is 0 Å². The van der Waals surface area contributed by atoms with E-state index < -0.39 is 32.7 Å². The lowest BCUT2D eigenvalue weighted by Gasteiger charge is -2.20. The van der Waals surface area contributed by atoms with E-state index in [1.165, 1.54) is 29.8 Å². The van der Waals surface area contributed by atoms with Crippen molar-refractivity contribution in [3.05, 3.63) is 51.7 Å². The number of aromatic nitrogens is 2. The molecule has 160 valence electrons. The van der Waals surface area contributed by atoms with E-state index in [0.29, 0.717) is 18.0 Å². The van der Waals surface area contributed by atoms with Gasteiger partial charge < -0.3 is 0 Å². The molecule has 0 radical (unpaired) electrons. The molecule has 2 aliphatic rings. The first-order valence-corrected chi connectivity index (χ1v) is 11.3. The quantitative estimate of drug-likeness (QED) is 0.647. The molecule has 0 aliphatic heterocycles. The largest absolute Gasteiger partial charge is 0.351 e. The molecule has 2 saturated carbocycles. The summed E-state index contributed by atoms with van der Waals surface area (Å²) in [6.45, 7) is 5.61. The number of benzene rings is 1. The van der Waals surface area contributed by atoms with Crippen LogP contribution in [0.3, 0.4) is 0 Å². The number of fused-ring (bicyclic) bond motifs is 1. The molecule has 1 heterocycles. The zero-order chi connectivity index (χ0) is 21.8. The van der Waals surface area contributed by atoms with Gasteiger partial charge in [0.15, 0.2) is 0 Å². The SMILES string of the molecule is C=CC(=O)N(C)n1c(=O)c2cc(S(=O)(=O)NC3(C)CC3)ccc2n(CC2CC2)c1=O. The second kappa shape index (κ2) is 6.92. The number of carbonyl (C=O) groups is 1. The predicted molar refractivity (Wildman–Crippen MR) is 112 cm³/mol. The molecule has 1 aromatic carbocycles. The monoisotopic (exact) mass is 432 g/mol. The van der Waals surface area contributed by atoms with Gasteiger partial charge in [-0.25, -0.2) is 22.9 Å². The number of rotatable bonds is 7. The van der Waals surface area contributed by atoms with Crippen molar-refractivity contribution < 1.29 is 13.2 Å². The van der Waals surface area contributed by atoms with Crippen molar-refractivity contribution in [3.8, 4) is 0 Å². The van der Waals surface area contributed by atoms with Gasteiger partial charge in [0.2, 0.25) is 10.0 Å². The van der Waals surface area contributed by atoms with Crippen molar-refractivity contribution in [2.45, 2.75) is 49.6 Å². The zero-order valence-electron chi connectivity index (χ0n) is 16.9.